The summed E-state index contributed by atoms with van der Waals surface area (Å²) in [5, 5.41) is 8.13. The lowest BCUT2D eigenvalue weighted by atomic mass is 10.6. The number of sulfonamides is 1. The van der Waals surface area contributed by atoms with Crippen LogP contribution in [0.3, 0.4) is 0 Å². The smallest absolute Gasteiger partial charge is 0.225 e. The van der Waals surface area contributed by atoms with Gasteiger partial charge in [-0.2, -0.15) is 5.26 Å². The van der Waals surface area contributed by atoms with Gasteiger partial charge in [-0.15, -0.1) is 0 Å². The van der Waals surface area contributed by atoms with E-state index in [2.05, 4.69) is 4.72 Å². The van der Waals surface area contributed by atoms with Gasteiger partial charge in [0.05, 0.1) is 6.07 Å². The van der Waals surface area contributed by atoms with E-state index in [0.29, 0.717) is 13.1 Å². The molecule has 0 aromatic carbocycles. The Morgan fingerprint density at radius 1 is 1.50 bits per heavy atom. The molecule has 0 amide bonds. The molecule has 12 heavy (non-hydrogen) atoms. The first-order valence-corrected chi connectivity index (χ1v) is 5.12. The number of nitrogens with one attached hydrogen (secondary N) is 1. The van der Waals surface area contributed by atoms with Gasteiger partial charge in [0.15, 0.2) is 5.75 Å². The maximum Gasteiger partial charge on any atom is 0.225 e. The van der Waals surface area contributed by atoms with Crippen LogP contribution in [0.25, 0.3) is 0 Å². The van der Waals surface area contributed by atoms with E-state index in [1.165, 1.54) is 0 Å². The van der Waals surface area contributed by atoms with E-state index in [1.807, 2.05) is 19.0 Å². The van der Waals surface area contributed by atoms with Crippen LogP contribution in [0.15, 0.2) is 0 Å². The van der Waals surface area contributed by atoms with Crippen LogP contribution in [0.5, 0.6) is 0 Å². The summed E-state index contributed by atoms with van der Waals surface area (Å²) in [6.45, 7) is 0.974. The third kappa shape index (κ3) is 6.09. The summed E-state index contributed by atoms with van der Waals surface area (Å²) >= 11 is 0. The van der Waals surface area contributed by atoms with Crippen LogP contribution in [0, 0.1) is 11.3 Å². The first kappa shape index (κ1) is 11.4. The zero-order valence-corrected chi connectivity index (χ0v) is 8.06. The average Bonchev–Trinajstić information content (AvgIpc) is 1.85. The molecule has 0 radical (unpaired) electrons. The van der Waals surface area contributed by atoms with Crippen LogP contribution in [0.4, 0.5) is 0 Å². The predicted octanol–water partition coefficient (Wildman–Crippen LogP) is -1.01. The fourth-order valence-electron chi connectivity index (χ4n) is 0.561. The topological polar surface area (TPSA) is 73.2 Å². The van der Waals surface area contributed by atoms with Crippen molar-refractivity contribution in [1.82, 2.24) is 9.62 Å². The van der Waals surface area contributed by atoms with Crippen molar-refractivity contribution in [3.05, 3.63) is 0 Å². The highest BCUT2D eigenvalue weighted by atomic mass is 32.2. The van der Waals surface area contributed by atoms with Crippen molar-refractivity contribution >= 4 is 10.0 Å². The van der Waals surface area contributed by atoms with Crippen LogP contribution in [-0.2, 0) is 10.0 Å². The normalized spacial score (nSPS) is 11.5. The van der Waals surface area contributed by atoms with E-state index in [0.717, 1.165) is 0 Å². The number of hydrogen-bond donors (Lipinski definition) is 1. The zero-order valence-electron chi connectivity index (χ0n) is 7.24. The van der Waals surface area contributed by atoms with E-state index in [1.54, 1.807) is 6.07 Å². The second kappa shape index (κ2) is 5.09. The van der Waals surface area contributed by atoms with Crippen molar-refractivity contribution in [2.75, 3.05) is 32.9 Å². The van der Waals surface area contributed by atoms with Crippen molar-refractivity contribution < 1.29 is 8.42 Å². The highest BCUT2D eigenvalue weighted by Gasteiger charge is 2.07. The molecular weight excluding hydrogens is 178 g/mol. The molecule has 0 aromatic heterocycles. The summed E-state index contributed by atoms with van der Waals surface area (Å²) in [4.78, 5) is 1.86. The molecular formula is C6H13N3O2S. The van der Waals surface area contributed by atoms with Gasteiger partial charge < -0.3 is 4.90 Å². The molecule has 0 rings (SSSR count). The molecule has 0 spiro atoms. The van der Waals surface area contributed by atoms with Crippen LogP contribution < -0.4 is 4.72 Å². The Balaban J connectivity index is 3.72. The largest absolute Gasteiger partial charge is 0.308 e. The van der Waals surface area contributed by atoms with Gasteiger partial charge in [-0.25, -0.2) is 13.1 Å². The van der Waals surface area contributed by atoms with Gasteiger partial charge in [0.25, 0.3) is 0 Å². The summed E-state index contributed by atoms with van der Waals surface area (Å²) in [5.41, 5.74) is 0. The van der Waals surface area contributed by atoms with Crippen LogP contribution in [0.2, 0.25) is 0 Å². The molecule has 0 aliphatic rings. The second-order valence-corrected chi connectivity index (χ2v) is 4.42. The zero-order chi connectivity index (χ0) is 9.61. The van der Waals surface area contributed by atoms with Crippen LogP contribution >= 0.6 is 0 Å². The molecule has 0 unspecified atom stereocenters. The highest BCUT2D eigenvalue weighted by molar-refractivity contribution is 7.89. The number of rotatable bonds is 5. The minimum absolute atomic E-state index is 0.344. The molecule has 0 aliphatic heterocycles. The van der Waals surface area contributed by atoms with Gasteiger partial charge in [0, 0.05) is 13.1 Å². The van der Waals surface area contributed by atoms with Crippen molar-refractivity contribution in [2.45, 2.75) is 0 Å². The molecule has 0 atom stereocenters. The number of likely N-dealkylation sites (N-methyl/N-ethyl adjacent to an activating group) is 1. The van der Waals surface area contributed by atoms with E-state index >= 15 is 0 Å². The first-order valence-electron chi connectivity index (χ1n) is 3.47. The lowest BCUT2D eigenvalue weighted by Crippen LogP contribution is -2.32. The van der Waals surface area contributed by atoms with Crippen molar-refractivity contribution in [3.63, 3.8) is 0 Å². The second-order valence-electron chi connectivity index (χ2n) is 2.61. The predicted molar refractivity (Wildman–Crippen MR) is 46.0 cm³/mol. The Morgan fingerprint density at radius 2 is 2.08 bits per heavy atom. The minimum Gasteiger partial charge on any atom is -0.308 e. The van der Waals surface area contributed by atoms with Gasteiger partial charge in [0.2, 0.25) is 10.0 Å². The fraction of sp³-hybridized carbons (Fsp3) is 0.833. The lowest BCUT2D eigenvalue weighted by molar-refractivity contribution is 0.412. The monoisotopic (exact) mass is 191 g/mol. The molecule has 70 valence electrons. The number of hydrogen-bond acceptors (Lipinski definition) is 4. The van der Waals surface area contributed by atoms with Crippen molar-refractivity contribution in [3.8, 4) is 6.07 Å². The van der Waals surface area contributed by atoms with E-state index in [4.69, 9.17) is 5.26 Å². The third-order valence-corrected chi connectivity index (χ3v) is 2.29. The maximum absolute atomic E-state index is 10.9. The van der Waals surface area contributed by atoms with Gasteiger partial charge in [0.1, 0.15) is 0 Å². The van der Waals surface area contributed by atoms with E-state index in [-0.39, 0.29) is 0 Å². The van der Waals surface area contributed by atoms with Gasteiger partial charge in [-0.1, -0.05) is 0 Å². The Hall–Kier alpha value is -0.640. The molecule has 5 nitrogen and oxygen atoms in total. The Kier molecular flexibility index (Phi) is 4.81. The van der Waals surface area contributed by atoms with Crippen molar-refractivity contribution in [2.24, 2.45) is 0 Å². The summed E-state index contributed by atoms with van der Waals surface area (Å²) in [7, 11) is 0.327. The van der Waals surface area contributed by atoms with Gasteiger partial charge >= 0.3 is 0 Å². The maximum atomic E-state index is 10.9. The molecule has 6 heteroatoms. The Bertz CT molecular complexity index is 252. The van der Waals surface area contributed by atoms with E-state index in [9.17, 15) is 8.42 Å². The summed E-state index contributed by atoms with van der Waals surface area (Å²) in [6, 6.07) is 1.58. The van der Waals surface area contributed by atoms with Crippen LogP contribution in [0.1, 0.15) is 0 Å². The molecule has 0 bridgehead atoms. The summed E-state index contributed by atoms with van der Waals surface area (Å²) in [6.07, 6.45) is 0. The summed E-state index contributed by atoms with van der Waals surface area (Å²) in [5.74, 6) is -0.472. The van der Waals surface area contributed by atoms with Crippen LogP contribution in [-0.4, -0.2) is 46.3 Å². The standard InChI is InChI=1S/C6H13N3O2S/c1-9(2)5-4-8-12(10,11)6-3-7/h8H,4-6H2,1-2H3. The Morgan fingerprint density at radius 3 is 2.50 bits per heavy atom. The SMILES string of the molecule is CN(C)CCNS(=O)(=O)CC#N. The molecule has 0 aliphatic carbocycles. The molecule has 0 heterocycles. The van der Waals surface area contributed by atoms with Gasteiger partial charge in [-0.3, -0.25) is 0 Å². The molecule has 1 N–H and O–H groups in total. The summed E-state index contributed by atoms with van der Waals surface area (Å²) < 4.78 is 24.0. The molecule has 0 fully saturated rings. The van der Waals surface area contributed by atoms with Gasteiger partial charge in [-0.05, 0) is 14.1 Å². The number of nitrogens with zero attached hydrogens (tertiary/aromatic N) is 2. The lowest BCUT2D eigenvalue weighted by Gasteiger charge is -2.09. The van der Waals surface area contributed by atoms with E-state index < -0.39 is 15.8 Å². The molecule has 0 aromatic rings. The minimum atomic E-state index is -3.37. The molecule has 0 saturated carbocycles. The van der Waals surface area contributed by atoms with Crippen molar-refractivity contribution in [1.29, 1.82) is 5.26 Å². The molecule has 0 saturated heterocycles. The third-order valence-electron chi connectivity index (χ3n) is 1.14. The quantitative estimate of drug-likeness (QED) is 0.604. The first-order chi connectivity index (χ1) is 5.48. The highest BCUT2D eigenvalue weighted by Crippen LogP contribution is 1.81. The fourth-order valence-corrected chi connectivity index (χ4v) is 1.24. The number of nitriles is 1. The average molecular weight is 191 g/mol. The Labute approximate surface area is 73.0 Å².